The van der Waals surface area contributed by atoms with Crippen molar-refractivity contribution in [1.29, 1.82) is 0 Å². The molecule has 1 aromatic rings. The normalized spacial score (nSPS) is 23.6. The SMILES string of the molecule is C#Cc1ccc2c(c1)C(C)(C)CC(OC(=O)C1CCOCC1)S2. The van der Waals surface area contributed by atoms with Crippen molar-refractivity contribution in [1.82, 2.24) is 0 Å². The molecule has 0 saturated carbocycles. The van der Waals surface area contributed by atoms with Crippen LogP contribution in [0.25, 0.3) is 0 Å². The minimum Gasteiger partial charge on any atom is -0.451 e. The zero-order valence-corrected chi connectivity index (χ0v) is 14.4. The monoisotopic (exact) mass is 330 g/mol. The number of carbonyl (C=O) groups excluding carboxylic acids is 1. The van der Waals surface area contributed by atoms with Crippen molar-refractivity contribution in [2.45, 2.75) is 48.9 Å². The summed E-state index contributed by atoms with van der Waals surface area (Å²) in [6, 6.07) is 6.08. The number of thioether (sulfide) groups is 1. The van der Waals surface area contributed by atoms with Crippen LogP contribution in [0.5, 0.6) is 0 Å². The van der Waals surface area contributed by atoms with Gasteiger partial charge in [-0.1, -0.05) is 31.5 Å². The number of esters is 1. The Bertz CT molecular complexity index is 639. The van der Waals surface area contributed by atoms with Gasteiger partial charge in [0.25, 0.3) is 0 Å². The minimum atomic E-state index is -0.135. The molecule has 3 nitrogen and oxygen atoms in total. The van der Waals surface area contributed by atoms with Crippen molar-refractivity contribution in [2.75, 3.05) is 13.2 Å². The molecule has 1 unspecified atom stereocenters. The molecule has 2 heterocycles. The van der Waals surface area contributed by atoms with Crippen LogP contribution < -0.4 is 0 Å². The van der Waals surface area contributed by atoms with Crippen LogP contribution in [-0.2, 0) is 19.7 Å². The van der Waals surface area contributed by atoms with Gasteiger partial charge in [0.1, 0.15) is 0 Å². The summed E-state index contributed by atoms with van der Waals surface area (Å²) in [4.78, 5) is 13.5. The molecule has 0 amide bonds. The second kappa shape index (κ2) is 6.59. The maximum Gasteiger partial charge on any atom is 0.310 e. The quantitative estimate of drug-likeness (QED) is 0.611. The Hall–Kier alpha value is -1.44. The first kappa shape index (κ1) is 16.4. The molecule has 1 fully saturated rings. The fraction of sp³-hybridized carbons (Fsp3) is 0.526. The summed E-state index contributed by atoms with van der Waals surface area (Å²) in [6.07, 6.45) is 7.84. The zero-order chi connectivity index (χ0) is 16.4. The number of ether oxygens (including phenoxy) is 2. The Morgan fingerprint density at radius 3 is 2.83 bits per heavy atom. The van der Waals surface area contributed by atoms with Gasteiger partial charge in [0, 0.05) is 30.1 Å². The molecule has 1 atom stereocenters. The highest BCUT2D eigenvalue weighted by atomic mass is 32.2. The number of hydrogen-bond acceptors (Lipinski definition) is 4. The first-order valence-corrected chi connectivity index (χ1v) is 8.93. The molecule has 0 aliphatic carbocycles. The van der Waals surface area contributed by atoms with Gasteiger partial charge in [-0.25, -0.2) is 0 Å². The summed E-state index contributed by atoms with van der Waals surface area (Å²) < 4.78 is 11.1. The van der Waals surface area contributed by atoms with Crippen LogP contribution >= 0.6 is 11.8 Å². The molecule has 0 spiro atoms. The van der Waals surface area contributed by atoms with Crippen molar-refractivity contribution in [3.05, 3.63) is 29.3 Å². The molecular formula is C19H22O3S. The zero-order valence-electron chi connectivity index (χ0n) is 13.6. The van der Waals surface area contributed by atoms with E-state index in [4.69, 9.17) is 15.9 Å². The van der Waals surface area contributed by atoms with E-state index < -0.39 is 0 Å². The Balaban J connectivity index is 1.74. The van der Waals surface area contributed by atoms with Crippen LogP contribution in [0.3, 0.4) is 0 Å². The second-order valence-corrected chi connectivity index (χ2v) is 8.02. The van der Waals surface area contributed by atoms with Crippen LogP contribution in [-0.4, -0.2) is 24.6 Å². The predicted octanol–water partition coefficient (Wildman–Crippen LogP) is 3.74. The summed E-state index contributed by atoms with van der Waals surface area (Å²) in [6.45, 7) is 5.67. The molecule has 3 rings (SSSR count). The lowest BCUT2D eigenvalue weighted by Gasteiger charge is -2.37. The Kier molecular flexibility index (Phi) is 4.70. The Morgan fingerprint density at radius 1 is 1.39 bits per heavy atom. The van der Waals surface area contributed by atoms with Gasteiger partial charge < -0.3 is 9.47 Å². The van der Waals surface area contributed by atoms with Gasteiger partial charge in [-0.15, -0.1) is 6.42 Å². The fourth-order valence-corrected chi connectivity index (χ4v) is 4.72. The number of terminal acetylenes is 1. The van der Waals surface area contributed by atoms with E-state index in [0.717, 1.165) is 29.7 Å². The molecule has 23 heavy (non-hydrogen) atoms. The second-order valence-electron chi connectivity index (χ2n) is 6.81. The minimum absolute atomic E-state index is 0.0160. The lowest BCUT2D eigenvalue weighted by molar-refractivity contribution is -0.153. The van der Waals surface area contributed by atoms with E-state index in [1.807, 2.05) is 12.1 Å². The lowest BCUT2D eigenvalue weighted by Crippen LogP contribution is -2.33. The van der Waals surface area contributed by atoms with E-state index in [2.05, 4.69) is 25.8 Å². The third kappa shape index (κ3) is 3.57. The third-order valence-electron chi connectivity index (χ3n) is 4.61. The highest BCUT2D eigenvalue weighted by Gasteiger charge is 2.36. The molecule has 0 radical (unpaired) electrons. The van der Waals surface area contributed by atoms with Gasteiger partial charge in [-0.3, -0.25) is 4.79 Å². The summed E-state index contributed by atoms with van der Waals surface area (Å²) in [5, 5.41) is 0. The number of fused-ring (bicyclic) bond motifs is 1. The molecule has 0 N–H and O–H groups in total. The molecule has 2 aliphatic rings. The van der Waals surface area contributed by atoms with E-state index in [1.54, 1.807) is 11.8 Å². The van der Waals surface area contributed by atoms with Crippen LogP contribution in [0.2, 0.25) is 0 Å². The molecule has 4 heteroatoms. The van der Waals surface area contributed by atoms with E-state index in [-0.39, 0.29) is 22.7 Å². The summed E-state index contributed by atoms with van der Waals surface area (Å²) in [7, 11) is 0. The van der Waals surface area contributed by atoms with Crippen LogP contribution in [0.4, 0.5) is 0 Å². The maximum atomic E-state index is 12.4. The van der Waals surface area contributed by atoms with Crippen molar-refractivity contribution >= 4 is 17.7 Å². The van der Waals surface area contributed by atoms with Crippen molar-refractivity contribution in [2.24, 2.45) is 5.92 Å². The number of carbonyl (C=O) groups is 1. The third-order valence-corrected chi connectivity index (χ3v) is 5.75. The van der Waals surface area contributed by atoms with Gasteiger partial charge in [0.2, 0.25) is 0 Å². The standard InChI is InChI=1S/C19H22O3S/c1-4-13-5-6-16-15(11-13)19(2,3)12-17(23-16)22-18(20)14-7-9-21-10-8-14/h1,5-6,11,14,17H,7-10,12H2,2-3H3. The van der Waals surface area contributed by atoms with E-state index in [0.29, 0.717) is 13.2 Å². The predicted molar refractivity (Wildman–Crippen MR) is 91.3 cm³/mol. The van der Waals surface area contributed by atoms with Crippen molar-refractivity contribution in [3.63, 3.8) is 0 Å². The highest BCUT2D eigenvalue weighted by molar-refractivity contribution is 7.99. The number of rotatable bonds is 2. The van der Waals surface area contributed by atoms with Gasteiger partial charge in [-0.05, 0) is 42.0 Å². The molecule has 1 aromatic carbocycles. The topological polar surface area (TPSA) is 35.5 Å². The molecule has 122 valence electrons. The first-order chi connectivity index (χ1) is 11.0. The highest BCUT2D eigenvalue weighted by Crippen LogP contribution is 2.46. The number of hydrogen-bond donors (Lipinski definition) is 0. The van der Waals surface area contributed by atoms with Gasteiger partial charge in [0.05, 0.1) is 5.92 Å². The number of benzene rings is 1. The molecule has 1 saturated heterocycles. The summed E-state index contributed by atoms with van der Waals surface area (Å²) >= 11 is 1.63. The smallest absolute Gasteiger partial charge is 0.310 e. The average molecular weight is 330 g/mol. The van der Waals surface area contributed by atoms with Crippen LogP contribution in [0.1, 0.15) is 44.2 Å². The van der Waals surface area contributed by atoms with E-state index in [9.17, 15) is 4.79 Å². The lowest BCUT2D eigenvalue weighted by atomic mass is 9.80. The molecule has 0 aromatic heterocycles. The van der Waals surface area contributed by atoms with Gasteiger partial charge in [0.15, 0.2) is 5.44 Å². The van der Waals surface area contributed by atoms with E-state index >= 15 is 0 Å². The maximum absolute atomic E-state index is 12.4. The first-order valence-electron chi connectivity index (χ1n) is 8.05. The van der Waals surface area contributed by atoms with Gasteiger partial charge >= 0.3 is 5.97 Å². The Labute approximate surface area is 142 Å². The van der Waals surface area contributed by atoms with Crippen molar-refractivity contribution < 1.29 is 14.3 Å². The summed E-state index contributed by atoms with van der Waals surface area (Å²) in [5.41, 5.74) is 1.95. The van der Waals surface area contributed by atoms with Crippen molar-refractivity contribution in [3.8, 4) is 12.3 Å². The van der Waals surface area contributed by atoms with E-state index in [1.165, 1.54) is 5.56 Å². The van der Waals surface area contributed by atoms with Gasteiger partial charge in [-0.2, -0.15) is 0 Å². The summed E-state index contributed by atoms with van der Waals surface area (Å²) in [5.74, 6) is 2.60. The molecule has 0 bridgehead atoms. The fourth-order valence-electron chi connectivity index (χ4n) is 3.19. The Morgan fingerprint density at radius 2 is 2.13 bits per heavy atom. The van der Waals surface area contributed by atoms with Crippen LogP contribution in [0.15, 0.2) is 23.1 Å². The average Bonchev–Trinajstić information content (AvgIpc) is 2.55. The van der Waals surface area contributed by atoms with Crippen LogP contribution in [0, 0.1) is 18.3 Å². The largest absolute Gasteiger partial charge is 0.451 e. The molecular weight excluding hydrogens is 308 g/mol. The molecule has 2 aliphatic heterocycles.